The molecule has 0 aromatic rings. The van der Waals surface area contributed by atoms with Gasteiger partial charge >= 0.3 is 7.91 Å². The van der Waals surface area contributed by atoms with Crippen LogP contribution in [0.4, 0.5) is 4.20 Å². The Morgan fingerprint density at radius 3 is 2.31 bits per heavy atom. The first-order valence-electron chi connectivity index (χ1n) is 4.42. The molecule has 0 N–H and O–H groups in total. The summed E-state index contributed by atoms with van der Waals surface area (Å²) in [6, 6.07) is 0. The Balaban J connectivity index is 2.51. The van der Waals surface area contributed by atoms with E-state index in [0.717, 1.165) is 6.42 Å². The molecule has 0 amide bonds. The van der Waals surface area contributed by atoms with Gasteiger partial charge in [0.1, 0.15) is 0 Å². The van der Waals surface area contributed by atoms with Crippen LogP contribution in [0, 0.1) is 11.3 Å². The molecule has 3 nitrogen and oxygen atoms in total. The molecule has 1 heterocycles. The summed E-state index contributed by atoms with van der Waals surface area (Å²) in [4.78, 5) is 0. The van der Waals surface area contributed by atoms with Crippen LogP contribution in [0.2, 0.25) is 0 Å². The Morgan fingerprint density at radius 2 is 1.92 bits per heavy atom. The average Bonchev–Trinajstić information content (AvgIpc) is 1.95. The summed E-state index contributed by atoms with van der Waals surface area (Å²) < 4.78 is 32.5. The smallest absolute Gasteiger partial charge is 0.283 e. The van der Waals surface area contributed by atoms with Crippen molar-refractivity contribution in [1.29, 1.82) is 0 Å². The number of hydrogen-bond donors (Lipinski definition) is 0. The molecule has 0 aromatic heterocycles. The highest BCUT2D eigenvalue weighted by atomic mass is 31.2. The van der Waals surface area contributed by atoms with Crippen LogP contribution >= 0.6 is 7.91 Å². The Kier molecular flexibility index (Phi) is 3.16. The van der Waals surface area contributed by atoms with E-state index in [0.29, 0.717) is 5.92 Å². The normalized spacial score (nSPS) is 41.0. The van der Waals surface area contributed by atoms with E-state index >= 15 is 0 Å². The summed E-state index contributed by atoms with van der Waals surface area (Å²) in [7, 11) is -4.21. The number of halogens is 1. The molecular formula is C8H16FO3P. The second kappa shape index (κ2) is 3.68. The van der Waals surface area contributed by atoms with Crippen molar-refractivity contribution in [1.82, 2.24) is 0 Å². The quantitative estimate of drug-likeness (QED) is 0.656. The second-order valence-corrected chi connectivity index (χ2v) is 5.76. The maximum absolute atomic E-state index is 12.7. The Morgan fingerprint density at radius 1 is 1.46 bits per heavy atom. The molecule has 0 radical (unpaired) electrons. The van der Waals surface area contributed by atoms with Crippen molar-refractivity contribution < 1.29 is 17.8 Å². The van der Waals surface area contributed by atoms with E-state index < -0.39 is 7.91 Å². The van der Waals surface area contributed by atoms with Crippen LogP contribution < -0.4 is 0 Å². The monoisotopic (exact) mass is 210 g/mol. The van der Waals surface area contributed by atoms with Crippen LogP contribution in [0.25, 0.3) is 0 Å². The van der Waals surface area contributed by atoms with Crippen molar-refractivity contribution in [2.75, 3.05) is 13.2 Å². The van der Waals surface area contributed by atoms with Gasteiger partial charge in [-0.15, -0.1) is 4.20 Å². The standard InChI is InChI=1S/C8H16FO3P/c1-7(2)4-8(3)5-11-13(9,10)12-6-8/h7H,4-6H2,1-3H3. The lowest BCUT2D eigenvalue weighted by Crippen LogP contribution is -2.33. The molecule has 0 saturated carbocycles. The van der Waals surface area contributed by atoms with Gasteiger partial charge < -0.3 is 0 Å². The Hall–Kier alpha value is 0.0800. The molecule has 0 bridgehead atoms. The molecule has 1 fully saturated rings. The first-order valence-corrected chi connectivity index (χ1v) is 5.85. The van der Waals surface area contributed by atoms with Gasteiger partial charge in [-0.1, -0.05) is 20.8 Å². The van der Waals surface area contributed by atoms with Gasteiger partial charge in [-0.2, -0.15) is 0 Å². The van der Waals surface area contributed by atoms with Gasteiger partial charge in [-0.3, -0.25) is 9.05 Å². The SMILES string of the molecule is CC(C)CC1(C)COP(=O)(F)OC1. The van der Waals surface area contributed by atoms with E-state index in [2.05, 4.69) is 22.9 Å². The fraction of sp³-hybridized carbons (Fsp3) is 1.00. The molecule has 78 valence electrons. The van der Waals surface area contributed by atoms with Crippen LogP contribution in [0.5, 0.6) is 0 Å². The molecule has 13 heavy (non-hydrogen) atoms. The van der Waals surface area contributed by atoms with E-state index in [1.807, 2.05) is 6.92 Å². The zero-order valence-corrected chi connectivity index (χ0v) is 9.14. The fourth-order valence-corrected chi connectivity index (χ4v) is 2.65. The van der Waals surface area contributed by atoms with Gasteiger partial charge in [0.15, 0.2) is 0 Å². The predicted octanol–water partition coefficient (Wildman–Crippen LogP) is 3.16. The van der Waals surface area contributed by atoms with Gasteiger partial charge in [0, 0.05) is 5.41 Å². The minimum Gasteiger partial charge on any atom is -0.283 e. The minimum atomic E-state index is -4.21. The third-order valence-corrected chi connectivity index (χ3v) is 2.91. The largest absolute Gasteiger partial charge is 0.513 e. The highest BCUT2D eigenvalue weighted by Gasteiger charge is 2.39. The summed E-state index contributed by atoms with van der Waals surface area (Å²) >= 11 is 0. The zero-order chi connectivity index (χ0) is 10.1. The maximum atomic E-state index is 12.7. The van der Waals surface area contributed by atoms with Crippen molar-refractivity contribution >= 4 is 7.91 Å². The van der Waals surface area contributed by atoms with Crippen molar-refractivity contribution in [3.05, 3.63) is 0 Å². The fourth-order valence-electron chi connectivity index (χ4n) is 1.65. The summed E-state index contributed by atoms with van der Waals surface area (Å²) in [5.74, 6) is 0.495. The summed E-state index contributed by atoms with van der Waals surface area (Å²) in [5.41, 5.74) is -0.200. The van der Waals surface area contributed by atoms with Gasteiger partial charge in [-0.05, 0) is 12.3 Å². The highest BCUT2D eigenvalue weighted by Crippen LogP contribution is 2.55. The van der Waals surface area contributed by atoms with Crippen molar-refractivity contribution in [3.63, 3.8) is 0 Å². The molecule has 1 rings (SSSR count). The van der Waals surface area contributed by atoms with Gasteiger partial charge in [0.05, 0.1) is 13.2 Å². The first kappa shape index (κ1) is 11.2. The van der Waals surface area contributed by atoms with Crippen LogP contribution in [-0.4, -0.2) is 13.2 Å². The van der Waals surface area contributed by atoms with Crippen molar-refractivity contribution in [3.8, 4) is 0 Å². The minimum absolute atomic E-state index is 0.180. The zero-order valence-electron chi connectivity index (χ0n) is 8.25. The molecule has 0 atom stereocenters. The molecule has 0 aliphatic carbocycles. The van der Waals surface area contributed by atoms with E-state index in [4.69, 9.17) is 0 Å². The van der Waals surface area contributed by atoms with E-state index in [-0.39, 0.29) is 18.6 Å². The van der Waals surface area contributed by atoms with Crippen LogP contribution in [0.3, 0.4) is 0 Å². The molecule has 5 heteroatoms. The molecular weight excluding hydrogens is 194 g/mol. The Bertz CT molecular complexity index is 217. The van der Waals surface area contributed by atoms with Crippen molar-refractivity contribution in [2.45, 2.75) is 27.2 Å². The van der Waals surface area contributed by atoms with Crippen molar-refractivity contribution in [2.24, 2.45) is 11.3 Å². The summed E-state index contributed by atoms with van der Waals surface area (Å²) in [6.07, 6.45) is 0.882. The van der Waals surface area contributed by atoms with Crippen LogP contribution in [-0.2, 0) is 13.6 Å². The molecule has 1 saturated heterocycles. The average molecular weight is 210 g/mol. The number of hydrogen-bond acceptors (Lipinski definition) is 3. The third-order valence-electron chi connectivity index (χ3n) is 2.04. The van der Waals surface area contributed by atoms with Gasteiger partial charge in [0.25, 0.3) is 0 Å². The summed E-state index contributed by atoms with van der Waals surface area (Å²) in [5, 5.41) is 0. The second-order valence-electron chi connectivity index (χ2n) is 4.39. The van der Waals surface area contributed by atoms with E-state index in [9.17, 15) is 8.76 Å². The third kappa shape index (κ3) is 3.37. The van der Waals surface area contributed by atoms with E-state index in [1.165, 1.54) is 0 Å². The molecule has 1 aliphatic rings. The lowest BCUT2D eigenvalue weighted by Gasteiger charge is -2.34. The maximum Gasteiger partial charge on any atom is 0.513 e. The first-order chi connectivity index (χ1) is 5.83. The molecule has 1 aliphatic heterocycles. The van der Waals surface area contributed by atoms with Gasteiger partial charge in [-0.25, -0.2) is 4.57 Å². The predicted molar refractivity (Wildman–Crippen MR) is 48.2 cm³/mol. The Labute approximate surface area is 78.3 Å². The summed E-state index contributed by atoms with van der Waals surface area (Å²) in [6.45, 7) is 6.47. The topological polar surface area (TPSA) is 35.5 Å². The lowest BCUT2D eigenvalue weighted by molar-refractivity contribution is 0.00313. The van der Waals surface area contributed by atoms with Gasteiger partial charge in [0.2, 0.25) is 0 Å². The van der Waals surface area contributed by atoms with Crippen LogP contribution in [0.1, 0.15) is 27.2 Å². The lowest BCUT2D eigenvalue weighted by atomic mass is 9.84. The molecule has 0 unspecified atom stereocenters. The molecule has 0 aromatic carbocycles. The van der Waals surface area contributed by atoms with E-state index in [1.54, 1.807) is 0 Å². The highest BCUT2D eigenvalue weighted by molar-refractivity contribution is 7.48. The molecule has 0 spiro atoms. The van der Waals surface area contributed by atoms with Crippen LogP contribution in [0.15, 0.2) is 0 Å². The number of rotatable bonds is 2.